The van der Waals surface area contributed by atoms with Gasteiger partial charge in [-0.15, -0.1) is 0 Å². The van der Waals surface area contributed by atoms with Gasteiger partial charge in [0.1, 0.15) is 5.82 Å². The molecular formula is C11H13BrFNO. The predicted octanol–water partition coefficient (Wildman–Crippen LogP) is 2.56. The molecule has 0 aromatic heterocycles. The Balaban J connectivity index is 2.33. The molecule has 1 aromatic carbocycles. The van der Waals surface area contributed by atoms with Gasteiger partial charge in [0.05, 0.1) is 12.7 Å². The van der Waals surface area contributed by atoms with E-state index in [2.05, 4.69) is 21.2 Å². The minimum Gasteiger partial charge on any atom is -0.371 e. The summed E-state index contributed by atoms with van der Waals surface area (Å²) in [5.41, 5.74) is 1.97. The van der Waals surface area contributed by atoms with E-state index in [1.807, 2.05) is 6.92 Å². The van der Waals surface area contributed by atoms with Crippen molar-refractivity contribution in [1.82, 2.24) is 5.32 Å². The molecule has 0 spiro atoms. The van der Waals surface area contributed by atoms with Crippen molar-refractivity contribution in [1.29, 1.82) is 0 Å². The zero-order valence-corrected chi connectivity index (χ0v) is 10.1. The molecule has 1 N–H and O–H groups in total. The highest BCUT2D eigenvalue weighted by Gasteiger charge is 2.19. The number of ether oxygens (including phenoxy) is 1. The third kappa shape index (κ3) is 2.38. The molecule has 0 aliphatic carbocycles. The summed E-state index contributed by atoms with van der Waals surface area (Å²) in [6.07, 6.45) is -0.0363. The molecule has 0 amide bonds. The lowest BCUT2D eigenvalue weighted by atomic mass is 10.0. The summed E-state index contributed by atoms with van der Waals surface area (Å²) < 4.78 is 19.7. The molecule has 1 saturated heterocycles. The fourth-order valence-electron chi connectivity index (χ4n) is 1.77. The molecular weight excluding hydrogens is 261 g/mol. The second-order valence-corrected chi connectivity index (χ2v) is 4.52. The highest BCUT2D eigenvalue weighted by molar-refractivity contribution is 9.10. The normalized spacial score (nSPS) is 21.7. The van der Waals surface area contributed by atoms with Crippen LogP contribution in [0.3, 0.4) is 0 Å². The Bertz CT molecular complexity index is 364. The van der Waals surface area contributed by atoms with Gasteiger partial charge < -0.3 is 10.1 Å². The van der Waals surface area contributed by atoms with Crippen LogP contribution in [0, 0.1) is 12.7 Å². The van der Waals surface area contributed by atoms with Gasteiger partial charge in [0, 0.05) is 17.6 Å². The van der Waals surface area contributed by atoms with Gasteiger partial charge in [0.25, 0.3) is 0 Å². The highest BCUT2D eigenvalue weighted by Crippen LogP contribution is 2.28. The van der Waals surface area contributed by atoms with Crippen molar-refractivity contribution in [2.75, 3.05) is 19.7 Å². The van der Waals surface area contributed by atoms with Crippen molar-refractivity contribution in [2.45, 2.75) is 13.0 Å². The molecule has 0 saturated carbocycles. The van der Waals surface area contributed by atoms with Crippen LogP contribution in [0.2, 0.25) is 0 Å². The van der Waals surface area contributed by atoms with Crippen molar-refractivity contribution < 1.29 is 9.13 Å². The largest absolute Gasteiger partial charge is 0.371 e. The topological polar surface area (TPSA) is 21.3 Å². The van der Waals surface area contributed by atoms with Crippen LogP contribution in [0.25, 0.3) is 0 Å². The Hall–Kier alpha value is -0.450. The van der Waals surface area contributed by atoms with E-state index in [1.165, 1.54) is 6.07 Å². The lowest BCUT2D eigenvalue weighted by Gasteiger charge is -2.25. The molecule has 2 rings (SSSR count). The molecule has 1 heterocycles. The average molecular weight is 274 g/mol. The van der Waals surface area contributed by atoms with Crippen molar-refractivity contribution in [3.05, 3.63) is 33.5 Å². The smallest absolute Gasteiger partial charge is 0.124 e. The minimum atomic E-state index is -0.225. The van der Waals surface area contributed by atoms with Gasteiger partial charge >= 0.3 is 0 Å². The van der Waals surface area contributed by atoms with Crippen LogP contribution < -0.4 is 5.32 Å². The average Bonchev–Trinajstić information content (AvgIpc) is 2.24. The number of nitrogens with one attached hydrogen (secondary N) is 1. The van der Waals surface area contributed by atoms with Crippen molar-refractivity contribution >= 4 is 15.9 Å². The molecule has 1 fully saturated rings. The molecule has 1 atom stereocenters. The van der Waals surface area contributed by atoms with E-state index in [0.29, 0.717) is 6.61 Å². The third-order valence-corrected chi connectivity index (χ3v) is 3.45. The summed E-state index contributed by atoms with van der Waals surface area (Å²) in [5, 5.41) is 3.24. The maximum Gasteiger partial charge on any atom is 0.124 e. The first-order valence-corrected chi connectivity index (χ1v) is 5.75. The van der Waals surface area contributed by atoms with Crippen LogP contribution in [0.5, 0.6) is 0 Å². The summed E-state index contributed by atoms with van der Waals surface area (Å²) in [4.78, 5) is 0. The van der Waals surface area contributed by atoms with Crippen molar-refractivity contribution in [3.63, 3.8) is 0 Å². The maximum absolute atomic E-state index is 13.3. The SMILES string of the molecule is Cc1c(Br)cc(F)cc1C1CNCCO1. The van der Waals surface area contributed by atoms with Crippen LogP contribution in [0.1, 0.15) is 17.2 Å². The molecule has 1 unspecified atom stereocenters. The second kappa shape index (κ2) is 4.60. The lowest BCUT2D eigenvalue weighted by Crippen LogP contribution is -2.33. The summed E-state index contributed by atoms with van der Waals surface area (Å²) in [6.45, 7) is 4.26. The Kier molecular flexibility index (Phi) is 3.38. The molecule has 0 radical (unpaired) electrons. The molecule has 1 aliphatic rings. The van der Waals surface area contributed by atoms with E-state index in [9.17, 15) is 4.39 Å². The Morgan fingerprint density at radius 2 is 2.33 bits per heavy atom. The van der Waals surface area contributed by atoms with Gasteiger partial charge in [-0.1, -0.05) is 15.9 Å². The number of hydrogen-bond acceptors (Lipinski definition) is 2. The quantitative estimate of drug-likeness (QED) is 0.849. The van der Waals surface area contributed by atoms with Gasteiger partial charge in [-0.05, 0) is 30.2 Å². The minimum absolute atomic E-state index is 0.0363. The molecule has 15 heavy (non-hydrogen) atoms. The van der Waals surface area contributed by atoms with Crippen molar-refractivity contribution in [3.8, 4) is 0 Å². The number of rotatable bonds is 1. The van der Waals surface area contributed by atoms with E-state index >= 15 is 0 Å². The van der Waals surface area contributed by atoms with Crippen LogP contribution in [0.15, 0.2) is 16.6 Å². The van der Waals surface area contributed by atoms with Gasteiger partial charge in [0.2, 0.25) is 0 Å². The molecule has 2 nitrogen and oxygen atoms in total. The fraction of sp³-hybridized carbons (Fsp3) is 0.455. The van der Waals surface area contributed by atoms with E-state index in [0.717, 1.165) is 28.7 Å². The van der Waals surface area contributed by atoms with Gasteiger partial charge in [-0.3, -0.25) is 0 Å². The van der Waals surface area contributed by atoms with E-state index < -0.39 is 0 Å². The number of benzene rings is 1. The first-order chi connectivity index (χ1) is 7.18. The number of morpholine rings is 1. The van der Waals surface area contributed by atoms with Crippen LogP contribution in [-0.4, -0.2) is 19.7 Å². The van der Waals surface area contributed by atoms with E-state index in [4.69, 9.17) is 4.74 Å². The molecule has 1 aromatic rings. The fourth-order valence-corrected chi connectivity index (χ4v) is 2.21. The second-order valence-electron chi connectivity index (χ2n) is 3.67. The van der Waals surface area contributed by atoms with Crippen LogP contribution in [0.4, 0.5) is 4.39 Å². The van der Waals surface area contributed by atoms with E-state index in [1.54, 1.807) is 6.07 Å². The summed E-state index contributed by atoms with van der Waals surface area (Å²) in [5.74, 6) is -0.225. The first-order valence-electron chi connectivity index (χ1n) is 4.96. The molecule has 1 aliphatic heterocycles. The summed E-state index contributed by atoms with van der Waals surface area (Å²) in [7, 11) is 0. The zero-order valence-electron chi connectivity index (χ0n) is 8.52. The zero-order chi connectivity index (χ0) is 10.8. The van der Waals surface area contributed by atoms with E-state index in [-0.39, 0.29) is 11.9 Å². The monoisotopic (exact) mass is 273 g/mol. The Labute approximate surface area is 96.9 Å². The van der Waals surface area contributed by atoms with Gasteiger partial charge in [0.15, 0.2) is 0 Å². The molecule has 0 bridgehead atoms. The Morgan fingerprint density at radius 1 is 1.53 bits per heavy atom. The molecule has 4 heteroatoms. The van der Waals surface area contributed by atoms with Gasteiger partial charge in [-0.25, -0.2) is 4.39 Å². The standard InChI is InChI=1S/C11H13BrFNO/c1-7-9(4-8(13)5-10(7)12)11-6-14-2-3-15-11/h4-5,11,14H,2-3,6H2,1H3. The lowest BCUT2D eigenvalue weighted by molar-refractivity contribution is 0.0271. The number of halogens is 2. The molecule has 82 valence electrons. The van der Waals surface area contributed by atoms with Gasteiger partial charge in [-0.2, -0.15) is 0 Å². The predicted molar refractivity (Wildman–Crippen MR) is 60.4 cm³/mol. The first kappa shape index (κ1) is 11.0. The van der Waals surface area contributed by atoms with Crippen LogP contribution >= 0.6 is 15.9 Å². The summed E-state index contributed by atoms with van der Waals surface area (Å²) in [6, 6.07) is 3.03. The third-order valence-electron chi connectivity index (χ3n) is 2.62. The summed E-state index contributed by atoms with van der Waals surface area (Å²) >= 11 is 3.35. The highest BCUT2D eigenvalue weighted by atomic mass is 79.9. The number of hydrogen-bond donors (Lipinski definition) is 1. The van der Waals surface area contributed by atoms with Crippen LogP contribution in [-0.2, 0) is 4.74 Å². The Morgan fingerprint density at radius 3 is 3.00 bits per heavy atom. The maximum atomic E-state index is 13.3. The van der Waals surface area contributed by atoms with Crippen molar-refractivity contribution in [2.24, 2.45) is 0 Å².